The lowest BCUT2D eigenvalue weighted by atomic mass is 9.78. The van der Waals surface area contributed by atoms with E-state index in [2.05, 4.69) is 25.3 Å². The number of amides is 1. The van der Waals surface area contributed by atoms with E-state index in [1.54, 1.807) is 13.4 Å². The minimum atomic E-state index is -0.282. The van der Waals surface area contributed by atoms with Crippen LogP contribution in [0.2, 0.25) is 5.02 Å². The van der Waals surface area contributed by atoms with Gasteiger partial charge in [-0.25, -0.2) is 9.97 Å². The molecule has 2 aromatic heterocycles. The van der Waals surface area contributed by atoms with Crippen molar-refractivity contribution in [3.8, 4) is 0 Å². The Labute approximate surface area is 156 Å². The maximum absolute atomic E-state index is 12.3. The zero-order valence-corrected chi connectivity index (χ0v) is 15.2. The first-order chi connectivity index (χ1) is 12.5. The molecular weight excluding hydrogens is 356 g/mol. The monoisotopic (exact) mass is 376 g/mol. The second-order valence-electron chi connectivity index (χ2n) is 6.99. The van der Waals surface area contributed by atoms with Crippen LogP contribution in [-0.4, -0.2) is 56.0 Å². The number of β-amino-alcohol motifs (C(OH)–C–C–N with tert-alkyl or cyclic N) is 1. The first kappa shape index (κ1) is 17.2. The smallest absolute Gasteiger partial charge is 0.271 e. The van der Waals surface area contributed by atoms with Crippen molar-refractivity contribution in [3.05, 3.63) is 35.0 Å². The third-order valence-electron chi connectivity index (χ3n) is 5.16. The highest BCUT2D eigenvalue weighted by atomic mass is 35.5. The van der Waals surface area contributed by atoms with Gasteiger partial charge in [-0.2, -0.15) is 5.10 Å². The van der Waals surface area contributed by atoms with Gasteiger partial charge in [-0.3, -0.25) is 9.48 Å². The summed E-state index contributed by atoms with van der Waals surface area (Å²) in [7, 11) is 1.70. The van der Waals surface area contributed by atoms with Crippen molar-refractivity contribution in [1.82, 2.24) is 25.1 Å². The molecule has 0 spiro atoms. The molecule has 4 rings (SSSR count). The Hall–Kier alpha value is -2.19. The van der Waals surface area contributed by atoms with Crippen molar-refractivity contribution in [2.24, 2.45) is 7.05 Å². The lowest BCUT2D eigenvalue weighted by molar-refractivity contribution is 0.0898. The fourth-order valence-electron chi connectivity index (χ4n) is 3.60. The first-order valence-electron chi connectivity index (χ1n) is 8.74. The summed E-state index contributed by atoms with van der Waals surface area (Å²) in [5.41, 5.74) is 1.37. The number of aliphatic hydroxyl groups is 1. The van der Waals surface area contributed by atoms with E-state index in [9.17, 15) is 9.90 Å². The molecule has 1 amide bonds. The van der Waals surface area contributed by atoms with Crippen LogP contribution in [0.5, 0.6) is 0 Å². The lowest BCUT2D eigenvalue weighted by Crippen LogP contribution is -2.44. The summed E-state index contributed by atoms with van der Waals surface area (Å²) in [5, 5.41) is 17.0. The lowest BCUT2D eigenvalue weighted by Gasteiger charge is -2.35. The number of anilines is 1. The SMILES string of the molecule is Cn1ncc(Cl)c1C(=O)NC1CC(c2cc(N3CC[C@@H](O)C3)ncn2)C1. The topological polar surface area (TPSA) is 96.2 Å². The Bertz CT molecular complexity index is 800. The van der Waals surface area contributed by atoms with E-state index in [4.69, 9.17) is 11.6 Å². The van der Waals surface area contributed by atoms with Crippen LogP contribution < -0.4 is 10.2 Å². The van der Waals surface area contributed by atoms with Gasteiger partial charge >= 0.3 is 0 Å². The third kappa shape index (κ3) is 3.26. The van der Waals surface area contributed by atoms with Crippen molar-refractivity contribution in [2.75, 3.05) is 18.0 Å². The van der Waals surface area contributed by atoms with Crippen LogP contribution in [0.15, 0.2) is 18.6 Å². The van der Waals surface area contributed by atoms with Crippen LogP contribution in [0.4, 0.5) is 5.82 Å². The summed E-state index contributed by atoms with van der Waals surface area (Å²) in [6, 6.07) is 2.10. The molecule has 1 atom stereocenters. The number of aromatic nitrogens is 4. The van der Waals surface area contributed by atoms with E-state index in [0.29, 0.717) is 23.2 Å². The molecule has 0 aromatic carbocycles. The molecule has 0 unspecified atom stereocenters. The summed E-state index contributed by atoms with van der Waals surface area (Å²) in [5.74, 6) is 0.963. The van der Waals surface area contributed by atoms with E-state index in [-0.39, 0.29) is 18.1 Å². The van der Waals surface area contributed by atoms with Gasteiger partial charge < -0.3 is 15.3 Å². The normalized spacial score (nSPS) is 25.2. The standard InChI is InChI=1S/C17H21ClN6O2/c1-23-16(13(18)7-21-23)17(26)22-11-4-10(5-11)14-6-15(20-9-19-14)24-3-2-12(25)8-24/h6-7,9-12,25H,2-5,8H2,1H3,(H,22,26)/t10?,11?,12-/m1/s1. The number of nitrogens with zero attached hydrogens (tertiary/aromatic N) is 5. The molecule has 1 aliphatic carbocycles. The van der Waals surface area contributed by atoms with E-state index >= 15 is 0 Å². The third-order valence-corrected chi connectivity index (χ3v) is 5.44. The average molecular weight is 377 g/mol. The molecule has 2 N–H and O–H groups in total. The summed E-state index contributed by atoms with van der Waals surface area (Å²) >= 11 is 6.02. The molecule has 2 fully saturated rings. The van der Waals surface area contributed by atoms with Crippen LogP contribution in [0.25, 0.3) is 0 Å². The average Bonchev–Trinajstić information content (AvgIpc) is 3.16. The Morgan fingerprint density at radius 3 is 2.85 bits per heavy atom. The van der Waals surface area contributed by atoms with Gasteiger partial charge in [0.15, 0.2) is 0 Å². The van der Waals surface area contributed by atoms with Crippen LogP contribution in [0.1, 0.15) is 41.4 Å². The van der Waals surface area contributed by atoms with Crippen molar-refractivity contribution in [2.45, 2.75) is 37.3 Å². The molecule has 3 heterocycles. The predicted octanol–water partition coefficient (Wildman–Crippen LogP) is 1.11. The Balaban J connectivity index is 1.36. The zero-order valence-electron chi connectivity index (χ0n) is 14.5. The molecule has 1 aliphatic heterocycles. The van der Waals surface area contributed by atoms with E-state index in [1.165, 1.54) is 10.9 Å². The number of carbonyl (C=O) groups is 1. The molecule has 2 aliphatic rings. The summed E-state index contributed by atoms with van der Waals surface area (Å²) in [6.45, 7) is 1.43. The number of aryl methyl sites for hydroxylation is 1. The summed E-state index contributed by atoms with van der Waals surface area (Å²) in [4.78, 5) is 23.1. The second-order valence-corrected chi connectivity index (χ2v) is 7.40. The fourth-order valence-corrected chi connectivity index (χ4v) is 3.86. The molecular formula is C17H21ClN6O2. The van der Waals surface area contributed by atoms with Gasteiger partial charge in [0, 0.05) is 43.9 Å². The number of halogens is 1. The minimum Gasteiger partial charge on any atom is -0.391 e. The van der Waals surface area contributed by atoms with Gasteiger partial charge in [0.25, 0.3) is 5.91 Å². The summed E-state index contributed by atoms with van der Waals surface area (Å²) < 4.78 is 1.48. The van der Waals surface area contributed by atoms with Gasteiger partial charge in [0.05, 0.1) is 17.3 Å². The van der Waals surface area contributed by atoms with Crippen molar-refractivity contribution >= 4 is 23.3 Å². The highest BCUT2D eigenvalue weighted by Crippen LogP contribution is 2.37. The molecule has 1 saturated carbocycles. The molecule has 2 aromatic rings. The highest BCUT2D eigenvalue weighted by Gasteiger charge is 2.34. The zero-order chi connectivity index (χ0) is 18.3. The number of carbonyl (C=O) groups excluding carboxylic acids is 1. The first-order valence-corrected chi connectivity index (χ1v) is 9.12. The summed E-state index contributed by atoms with van der Waals surface area (Å²) in [6.07, 6.45) is 5.21. The van der Waals surface area contributed by atoms with Gasteiger partial charge in [0.2, 0.25) is 0 Å². The highest BCUT2D eigenvalue weighted by molar-refractivity contribution is 6.33. The predicted molar refractivity (Wildman–Crippen MR) is 96.3 cm³/mol. The van der Waals surface area contributed by atoms with Crippen molar-refractivity contribution < 1.29 is 9.90 Å². The van der Waals surface area contributed by atoms with Gasteiger partial charge in [-0.1, -0.05) is 11.6 Å². The van der Waals surface area contributed by atoms with Gasteiger partial charge in [-0.15, -0.1) is 0 Å². The quantitative estimate of drug-likeness (QED) is 0.829. The molecule has 0 radical (unpaired) electrons. The van der Waals surface area contributed by atoms with Gasteiger partial charge in [0.1, 0.15) is 17.8 Å². The van der Waals surface area contributed by atoms with Crippen LogP contribution in [0.3, 0.4) is 0 Å². The largest absolute Gasteiger partial charge is 0.391 e. The van der Waals surface area contributed by atoms with E-state index in [0.717, 1.165) is 37.3 Å². The Kier molecular flexibility index (Phi) is 4.54. The van der Waals surface area contributed by atoms with Crippen molar-refractivity contribution in [1.29, 1.82) is 0 Å². The van der Waals surface area contributed by atoms with Crippen LogP contribution in [0, 0.1) is 0 Å². The number of nitrogens with one attached hydrogen (secondary N) is 1. The number of rotatable bonds is 4. The van der Waals surface area contributed by atoms with Gasteiger partial charge in [-0.05, 0) is 19.3 Å². The maximum atomic E-state index is 12.3. The molecule has 1 saturated heterocycles. The Morgan fingerprint density at radius 2 is 2.19 bits per heavy atom. The molecule has 26 heavy (non-hydrogen) atoms. The molecule has 9 heteroatoms. The molecule has 138 valence electrons. The fraction of sp³-hybridized carbons (Fsp3) is 0.529. The van der Waals surface area contributed by atoms with Crippen LogP contribution in [-0.2, 0) is 7.05 Å². The number of hydrogen-bond donors (Lipinski definition) is 2. The van der Waals surface area contributed by atoms with Crippen molar-refractivity contribution in [3.63, 3.8) is 0 Å². The van der Waals surface area contributed by atoms with Crippen LogP contribution >= 0.6 is 11.6 Å². The second kappa shape index (κ2) is 6.85. The Morgan fingerprint density at radius 1 is 1.38 bits per heavy atom. The number of aliphatic hydroxyl groups excluding tert-OH is 1. The number of hydrogen-bond acceptors (Lipinski definition) is 6. The maximum Gasteiger partial charge on any atom is 0.271 e. The molecule has 8 nitrogen and oxygen atoms in total. The van der Waals surface area contributed by atoms with E-state index < -0.39 is 0 Å². The van der Waals surface area contributed by atoms with E-state index in [1.807, 2.05) is 6.07 Å². The molecule has 0 bridgehead atoms. The minimum absolute atomic E-state index is 0.102.